The van der Waals surface area contributed by atoms with Crippen LogP contribution in [-0.2, 0) is 11.3 Å². The van der Waals surface area contributed by atoms with E-state index in [0.717, 1.165) is 29.3 Å². The summed E-state index contributed by atoms with van der Waals surface area (Å²) >= 11 is 3.57. The Bertz CT molecular complexity index is 481. The van der Waals surface area contributed by atoms with Gasteiger partial charge in [0.05, 0.1) is 5.41 Å². The zero-order valence-electron chi connectivity index (χ0n) is 12.2. The maximum Gasteiger partial charge on any atom is 0.230 e. The Morgan fingerprint density at radius 3 is 2.60 bits per heavy atom. The van der Waals surface area contributed by atoms with E-state index in [0.29, 0.717) is 19.1 Å². The molecule has 110 valence electrons. The van der Waals surface area contributed by atoms with Gasteiger partial charge in [-0.3, -0.25) is 4.79 Å². The molecule has 1 saturated carbocycles. The molecule has 4 heteroatoms. The first kappa shape index (κ1) is 15.5. The summed E-state index contributed by atoms with van der Waals surface area (Å²) in [7, 11) is 0. The molecule has 1 aliphatic rings. The zero-order chi connectivity index (χ0) is 14.8. The minimum absolute atomic E-state index is 0.195. The van der Waals surface area contributed by atoms with Gasteiger partial charge in [-0.2, -0.15) is 0 Å². The predicted octanol–water partition coefficient (Wildman–Crippen LogP) is 3.32. The van der Waals surface area contributed by atoms with Crippen molar-refractivity contribution in [3.63, 3.8) is 0 Å². The molecule has 1 amide bonds. The standard InChI is InChI=1S/C16H23BrN2O/c1-3-16(2,11-18)15(20)19(13-8-9-13)10-12-6-4-5-7-14(12)17/h4-7,13H,3,8-11,18H2,1-2H3. The molecule has 0 saturated heterocycles. The van der Waals surface area contributed by atoms with Gasteiger partial charge in [-0.25, -0.2) is 0 Å². The molecule has 0 aliphatic heterocycles. The Morgan fingerprint density at radius 1 is 1.45 bits per heavy atom. The Kier molecular flexibility index (Phi) is 4.86. The molecular formula is C16H23BrN2O. The minimum Gasteiger partial charge on any atom is -0.335 e. The molecule has 0 bridgehead atoms. The van der Waals surface area contributed by atoms with Crippen LogP contribution < -0.4 is 5.73 Å². The van der Waals surface area contributed by atoms with Gasteiger partial charge in [0.15, 0.2) is 0 Å². The summed E-state index contributed by atoms with van der Waals surface area (Å²) in [6.07, 6.45) is 3.00. The van der Waals surface area contributed by atoms with E-state index in [1.165, 1.54) is 0 Å². The SMILES string of the molecule is CCC(C)(CN)C(=O)N(Cc1ccccc1Br)C1CC1. The molecule has 1 aliphatic carbocycles. The maximum absolute atomic E-state index is 12.9. The van der Waals surface area contributed by atoms with Crippen LogP contribution >= 0.6 is 15.9 Å². The molecule has 2 N–H and O–H groups in total. The monoisotopic (exact) mass is 338 g/mol. The highest BCUT2D eigenvalue weighted by Gasteiger charge is 2.40. The number of carbonyl (C=O) groups is 1. The van der Waals surface area contributed by atoms with Crippen molar-refractivity contribution >= 4 is 21.8 Å². The fourth-order valence-corrected chi connectivity index (χ4v) is 2.70. The molecular weight excluding hydrogens is 316 g/mol. The van der Waals surface area contributed by atoms with Gasteiger partial charge in [-0.1, -0.05) is 41.1 Å². The lowest BCUT2D eigenvalue weighted by Gasteiger charge is -2.33. The molecule has 0 radical (unpaired) electrons. The van der Waals surface area contributed by atoms with Crippen LogP contribution in [0, 0.1) is 5.41 Å². The molecule has 2 rings (SSSR count). The highest BCUT2D eigenvalue weighted by molar-refractivity contribution is 9.10. The highest BCUT2D eigenvalue weighted by atomic mass is 79.9. The fourth-order valence-electron chi connectivity index (χ4n) is 2.29. The summed E-state index contributed by atoms with van der Waals surface area (Å²) in [5.74, 6) is 0.195. The number of nitrogens with zero attached hydrogens (tertiary/aromatic N) is 1. The van der Waals surface area contributed by atoms with Crippen molar-refractivity contribution in [1.82, 2.24) is 4.90 Å². The van der Waals surface area contributed by atoms with Crippen LogP contribution in [-0.4, -0.2) is 23.4 Å². The number of halogens is 1. The van der Waals surface area contributed by atoms with E-state index < -0.39 is 5.41 Å². The quantitative estimate of drug-likeness (QED) is 0.864. The molecule has 3 nitrogen and oxygen atoms in total. The van der Waals surface area contributed by atoms with Gasteiger partial charge in [0.1, 0.15) is 0 Å². The average molecular weight is 339 g/mol. The first-order chi connectivity index (χ1) is 9.51. The van der Waals surface area contributed by atoms with E-state index in [1.54, 1.807) is 0 Å². The predicted molar refractivity (Wildman–Crippen MR) is 85.2 cm³/mol. The summed E-state index contributed by atoms with van der Waals surface area (Å²) in [5.41, 5.74) is 6.56. The Hall–Kier alpha value is -0.870. The van der Waals surface area contributed by atoms with Gasteiger partial charge in [-0.15, -0.1) is 0 Å². The van der Waals surface area contributed by atoms with Crippen LogP contribution in [0.1, 0.15) is 38.7 Å². The number of carbonyl (C=O) groups excluding carboxylic acids is 1. The van der Waals surface area contributed by atoms with Gasteiger partial charge in [0, 0.05) is 23.6 Å². The molecule has 0 spiro atoms. The van der Waals surface area contributed by atoms with Crippen molar-refractivity contribution in [1.29, 1.82) is 0 Å². The van der Waals surface area contributed by atoms with Crippen molar-refractivity contribution in [2.24, 2.45) is 11.1 Å². The molecule has 0 aromatic heterocycles. The lowest BCUT2D eigenvalue weighted by Crippen LogP contribution is -2.46. The van der Waals surface area contributed by atoms with Crippen molar-refractivity contribution < 1.29 is 4.79 Å². The highest BCUT2D eigenvalue weighted by Crippen LogP contribution is 2.34. The Labute approximate surface area is 129 Å². The van der Waals surface area contributed by atoms with Gasteiger partial charge in [0.25, 0.3) is 0 Å². The van der Waals surface area contributed by atoms with Crippen LogP contribution in [0.3, 0.4) is 0 Å². The number of amides is 1. The van der Waals surface area contributed by atoms with E-state index in [2.05, 4.69) is 22.0 Å². The zero-order valence-corrected chi connectivity index (χ0v) is 13.8. The summed E-state index contributed by atoms with van der Waals surface area (Å²) < 4.78 is 1.06. The lowest BCUT2D eigenvalue weighted by molar-refractivity contribution is -0.142. The molecule has 1 aromatic carbocycles. The Balaban J connectivity index is 2.20. The topological polar surface area (TPSA) is 46.3 Å². The molecule has 1 unspecified atom stereocenters. The molecule has 1 fully saturated rings. The van der Waals surface area contributed by atoms with E-state index in [9.17, 15) is 4.79 Å². The van der Waals surface area contributed by atoms with E-state index >= 15 is 0 Å². The second-order valence-electron chi connectivity index (χ2n) is 5.87. The van der Waals surface area contributed by atoms with Gasteiger partial charge in [-0.05, 0) is 37.8 Å². The minimum atomic E-state index is -0.441. The number of benzene rings is 1. The van der Waals surface area contributed by atoms with Crippen LogP contribution in [0.25, 0.3) is 0 Å². The maximum atomic E-state index is 12.9. The van der Waals surface area contributed by atoms with Crippen molar-refractivity contribution in [2.45, 2.75) is 45.7 Å². The largest absolute Gasteiger partial charge is 0.335 e. The second-order valence-corrected chi connectivity index (χ2v) is 6.73. The van der Waals surface area contributed by atoms with Crippen LogP contribution in [0.4, 0.5) is 0 Å². The third-order valence-corrected chi connectivity index (χ3v) is 5.07. The van der Waals surface area contributed by atoms with E-state index in [-0.39, 0.29) is 5.91 Å². The second kappa shape index (κ2) is 6.27. The van der Waals surface area contributed by atoms with Crippen molar-refractivity contribution in [3.05, 3.63) is 34.3 Å². The van der Waals surface area contributed by atoms with Gasteiger partial charge < -0.3 is 10.6 Å². The fraction of sp³-hybridized carbons (Fsp3) is 0.562. The first-order valence-corrected chi connectivity index (χ1v) is 8.05. The third kappa shape index (κ3) is 3.23. The molecule has 0 heterocycles. The smallest absolute Gasteiger partial charge is 0.230 e. The summed E-state index contributed by atoms with van der Waals surface area (Å²) in [4.78, 5) is 14.9. The summed E-state index contributed by atoms with van der Waals surface area (Å²) in [6.45, 7) is 5.08. The van der Waals surface area contributed by atoms with Crippen LogP contribution in [0.2, 0.25) is 0 Å². The number of rotatable bonds is 6. The first-order valence-electron chi connectivity index (χ1n) is 7.26. The summed E-state index contributed by atoms with van der Waals surface area (Å²) in [6, 6.07) is 8.49. The number of hydrogen-bond donors (Lipinski definition) is 1. The van der Waals surface area contributed by atoms with Crippen LogP contribution in [0.15, 0.2) is 28.7 Å². The van der Waals surface area contributed by atoms with E-state index in [4.69, 9.17) is 5.73 Å². The lowest BCUT2D eigenvalue weighted by atomic mass is 9.85. The van der Waals surface area contributed by atoms with Gasteiger partial charge in [0.2, 0.25) is 5.91 Å². The normalized spacial score (nSPS) is 17.6. The van der Waals surface area contributed by atoms with E-state index in [1.807, 2.05) is 36.9 Å². The summed E-state index contributed by atoms with van der Waals surface area (Å²) in [5, 5.41) is 0. The third-order valence-electron chi connectivity index (χ3n) is 4.29. The van der Waals surface area contributed by atoms with Gasteiger partial charge >= 0.3 is 0 Å². The van der Waals surface area contributed by atoms with Crippen molar-refractivity contribution in [3.8, 4) is 0 Å². The van der Waals surface area contributed by atoms with Crippen molar-refractivity contribution in [2.75, 3.05) is 6.54 Å². The number of nitrogens with two attached hydrogens (primary N) is 1. The molecule has 1 atom stereocenters. The Morgan fingerprint density at radius 2 is 2.10 bits per heavy atom. The number of hydrogen-bond acceptors (Lipinski definition) is 2. The average Bonchev–Trinajstić information content (AvgIpc) is 3.29. The molecule has 20 heavy (non-hydrogen) atoms. The van der Waals surface area contributed by atoms with Crippen LogP contribution in [0.5, 0.6) is 0 Å². The molecule has 1 aromatic rings.